The summed E-state index contributed by atoms with van der Waals surface area (Å²) in [4.78, 5) is 0. The summed E-state index contributed by atoms with van der Waals surface area (Å²) in [5.74, 6) is 1.21. The van der Waals surface area contributed by atoms with Gasteiger partial charge in [0.05, 0.1) is 24.3 Å². The van der Waals surface area contributed by atoms with E-state index in [1.807, 2.05) is 0 Å². The van der Waals surface area contributed by atoms with E-state index in [-0.39, 0.29) is 12.6 Å². The fourth-order valence-electron chi connectivity index (χ4n) is 2.37. The lowest BCUT2D eigenvalue weighted by molar-refractivity contribution is 0.184. The minimum atomic E-state index is -0.790. The van der Waals surface area contributed by atoms with Crippen LogP contribution in [0.2, 0.25) is 5.02 Å². The molecule has 2 rings (SSSR count). The van der Waals surface area contributed by atoms with Gasteiger partial charge in [0, 0.05) is 18.2 Å². The lowest BCUT2D eigenvalue weighted by atomic mass is 10.1. The van der Waals surface area contributed by atoms with Gasteiger partial charge < -0.3 is 20.3 Å². The van der Waals surface area contributed by atoms with Crippen molar-refractivity contribution in [2.45, 2.75) is 37.9 Å². The molecule has 1 atom stereocenters. The minimum absolute atomic E-state index is 0.117. The summed E-state index contributed by atoms with van der Waals surface area (Å²) < 4.78 is 11.2. The number of halogens is 1. The molecule has 1 aliphatic carbocycles. The van der Waals surface area contributed by atoms with Crippen LogP contribution in [0.1, 0.15) is 37.4 Å². The Bertz CT molecular complexity index is 433. The van der Waals surface area contributed by atoms with Crippen molar-refractivity contribution in [2.75, 3.05) is 13.7 Å². The van der Waals surface area contributed by atoms with E-state index in [4.69, 9.17) is 26.8 Å². The lowest BCUT2D eigenvalue weighted by Gasteiger charge is -2.19. The molecule has 0 heterocycles. The first-order chi connectivity index (χ1) is 9.15. The van der Waals surface area contributed by atoms with Crippen LogP contribution in [0.3, 0.4) is 0 Å². The summed E-state index contributed by atoms with van der Waals surface area (Å²) in [5.41, 5.74) is 6.02. The largest absolute Gasteiger partial charge is 0.493 e. The molecule has 1 aromatic carbocycles. The van der Waals surface area contributed by atoms with Gasteiger partial charge in [-0.2, -0.15) is 0 Å². The lowest BCUT2D eigenvalue weighted by Crippen LogP contribution is -2.14. The highest BCUT2D eigenvalue weighted by Crippen LogP contribution is 2.37. The highest BCUT2D eigenvalue weighted by atomic mass is 35.5. The average Bonchev–Trinajstić information content (AvgIpc) is 2.91. The highest BCUT2D eigenvalue weighted by molar-refractivity contribution is 6.31. The van der Waals surface area contributed by atoms with Gasteiger partial charge in [-0.25, -0.2) is 0 Å². The minimum Gasteiger partial charge on any atom is -0.493 e. The fraction of sp³-hybridized carbons (Fsp3) is 0.571. The SMILES string of the molecule is COc1cc(C(O)CN)c(Cl)cc1OC1CCCC1. The number of ether oxygens (including phenoxy) is 2. The van der Waals surface area contributed by atoms with Crippen molar-refractivity contribution in [3.63, 3.8) is 0 Å². The van der Waals surface area contributed by atoms with Crippen molar-refractivity contribution in [3.05, 3.63) is 22.7 Å². The third kappa shape index (κ3) is 3.32. The predicted octanol–water partition coefficient (Wildman–Crippen LogP) is 2.66. The molecule has 19 heavy (non-hydrogen) atoms. The highest BCUT2D eigenvalue weighted by Gasteiger charge is 2.21. The van der Waals surface area contributed by atoms with E-state index in [9.17, 15) is 5.11 Å². The third-order valence-electron chi connectivity index (χ3n) is 3.46. The molecule has 0 aromatic heterocycles. The zero-order chi connectivity index (χ0) is 13.8. The monoisotopic (exact) mass is 285 g/mol. The molecule has 3 N–H and O–H groups in total. The van der Waals surface area contributed by atoms with Gasteiger partial charge in [0.2, 0.25) is 0 Å². The molecule has 0 saturated heterocycles. The number of hydrogen-bond donors (Lipinski definition) is 2. The Morgan fingerprint density at radius 1 is 1.37 bits per heavy atom. The van der Waals surface area contributed by atoms with Crippen molar-refractivity contribution in [3.8, 4) is 11.5 Å². The molecule has 0 spiro atoms. The summed E-state index contributed by atoms with van der Waals surface area (Å²) in [6.07, 6.45) is 3.97. The molecule has 106 valence electrons. The molecule has 1 fully saturated rings. The van der Waals surface area contributed by atoms with Gasteiger partial charge in [-0.3, -0.25) is 0 Å². The molecule has 4 nitrogen and oxygen atoms in total. The van der Waals surface area contributed by atoms with Gasteiger partial charge in [-0.15, -0.1) is 0 Å². The van der Waals surface area contributed by atoms with Gasteiger partial charge in [-0.1, -0.05) is 11.6 Å². The zero-order valence-corrected chi connectivity index (χ0v) is 11.8. The van der Waals surface area contributed by atoms with E-state index in [1.54, 1.807) is 19.2 Å². The van der Waals surface area contributed by atoms with Crippen LogP contribution in [-0.4, -0.2) is 24.9 Å². The maximum absolute atomic E-state index is 9.80. The van der Waals surface area contributed by atoms with Crippen molar-refractivity contribution < 1.29 is 14.6 Å². The first-order valence-electron chi connectivity index (χ1n) is 6.58. The predicted molar refractivity (Wildman–Crippen MR) is 74.9 cm³/mol. The van der Waals surface area contributed by atoms with Crippen LogP contribution >= 0.6 is 11.6 Å². The molecule has 0 bridgehead atoms. The van der Waals surface area contributed by atoms with Crippen molar-refractivity contribution in [1.29, 1.82) is 0 Å². The Morgan fingerprint density at radius 2 is 2.05 bits per heavy atom. The van der Waals surface area contributed by atoms with E-state index < -0.39 is 6.10 Å². The smallest absolute Gasteiger partial charge is 0.163 e. The van der Waals surface area contributed by atoms with Crippen LogP contribution in [0.4, 0.5) is 0 Å². The van der Waals surface area contributed by atoms with Crippen LogP contribution in [0.5, 0.6) is 11.5 Å². The summed E-state index contributed by atoms with van der Waals surface area (Å²) in [5, 5.41) is 10.3. The molecule has 1 aromatic rings. The molecule has 1 unspecified atom stereocenters. The Morgan fingerprint density at radius 3 is 2.63 bits per heavy atom. The number of benzene rings is 1. The van der Waals surface area contributed by atoms with E-state index >= 15 is 0 Å². The maximum Gasteiger partial charge on any atom is 0.163 e. The number of hydrogen-bond acceptors (Lipinski definition) is 4. The second kappa shape index (κ2) is 6.46. The van der Waals surface area contributed by atoms with Crippen molar-refractivity contribution in [1.82, 2.24) is 0 Å². The molecule has 0 aliphatic heterocycles. The fourth-order valence-corrected chi connectivity index (χ4v) is 2.65. The molecular formula is C14H20ClNO3. The van der Waals surface area contributed by atoms with Crippen molar-refractivity contribution >= 4 is 11.6 Å². The molecule has 1 aliphatic rings. The Hall–Kier alpha value is -0.970. The van der Waals surface area contributed by atoms with Gasteiger partial charge >= 0.3 is 0 Å². The topological polar surface area (TPSA) is 64.7 Å². The zero-order valence-electron chi connectivity index (χ0n) is 11.1. The van der Waals surface area contributed by atoms with Gasteiger partial charge in [0.15, 0.2) is 11.5 Å². The molecule has 1 saturated carbocycles. The van der Waals surface area contributed by atoms with Crippen LogP contribution in [-0.2, 0) is 0 Å². The molecular weight excluding hydrogens is 266 g/mol. The molecule has 5 heteroatoms. The Labute approximate surface area is 118 Å². The second-order valence-electron chi connectivity index (χ2n) is 4.80. The Kier molecular flexibility index (Phi) is 4.91. The normalized spacial score (nSPS) is 17.5. The summed E-state index contributed by atoms with van der Waals surface area (Å²) in [6.45, 7) is 0.117. The van der Waals surface area contributed by atoms with Crippen LogP contribution in [0, 0.1) is 0 Å². The number of rotatable bonds is 5. The van der Waals surface area contributed by atoms with Gasteiger partial charge in [-0.05, 0) is 31.7 Å². The van der Waals surface area contributed by atoms with Crippen LogP contribution < -0.4 is 15.2 Å². The maximum atomic E-state index is 9.80. The third-order valence-corrected chi connectivity index (χ3v) is 3.79. The standard InChI is InChI=1S/C14H20ClNO3/c1-18-13-6-10(12(17)8-16)11(15)7-14(13)19-9-4-2-3-5-9/h6-7,9,12,17H,2-5,8,16H2,1H3. The van der Waals surface area contributed by atoms with E-state index in [0.29, 0.717) is 22.1 Å². The Balaban J connectivity index is 2.25. The molecule has 0 radical (unpaired) electrons. The average molecular weight is 286 g/mol. The first-order valence-corrected chi connectivity index (χ1v) is 6.95. The van der Waals surface area contributed by atoms with Gasteiger partial charge in [0.1, 0.15) is 0 Å². The summed E-state index contributed by atoms with van der Waals surface area (Å²) >= 11 is 6.17. The van der Waals surface area contributed by atoms with Crippen LogP contribution in [0.15, 0.2) is 12.1 Å². The number of nitrogens with two attached hydrogens (primary N) is 1. The van der Waals surface area contributed by atoms with E-state index in [2.05, 4.69) is 0 Å². The number of aliphatic hydroxyl groups is 1. The van der Waals surface area contributed by atoms with Crippen LogP contribution in [0.25, 0.3) is 0 Å². The first kappa shape index (κ1) is 14.4. The number of aliphatic hydroxyl groups excluding tert-OH is 1. The number of methoxy groups -OCH3 is 1. The second-order valence-corrected chi connectivity index (χ2v) is 5.21. The van der Waals surface area contributed by atoms with Crippen molar-refractivity contribution in [2.24, 2.45) is 5.73 Å². The summed E-state index contributed by atoms with van der Waals surface area (Å²) in [7, 11) is 1.57. The summed E-state index contributed by atoms with van der Waals surface area (Å²) in [6, 6.07) is 3.40. The van der Waals surface area contributed by atoms with Gasteiger partial charge in [0.25, 0.3) is 0 Å². The van der Waals surface area contributed by atoms with E-state index in [0.717, 1.165) is 12.8 Å². The quantitative estimate of drug-likeness (QED) is 0.873. The molecule has 0 amide bonds. The van der Waals surface area contributed by atoms with E-state index in [1.165, 1.54) is 12.8 Å².